The van der Waals surface area contributed by atoms with Gasteiger partial charge in [0.05, 0.1) is 6.10 Å². The minimum Gasteiger partial charge on any atom is -0.380 e. The van der Waals surface area contributed by atoms with Crippen LogP contribution in [-0.4, -0.2) is 60.8 Å². The van der Waals surface area contributed by atoms with Crippen molar-refractivity contribution >= 4 is 0 Å². The SMILES string of the molecule is COC1CCCC1N1CC2CCCN2CC1C. The summed E-state index contributed by atoms with van der Waals surface area (Å²) in [6, 6.07) is 2.24. The van der Waals surface area contributed by atoms with E-state index in [-0.39, 0.29) is 0 Å². The van der Waals surface area contributed by atoms with Crippen LogP contribution >= 0.6 is 0 Å². The molecular weight excluding hydrogens is 212 g/mol. The van der Waals surface area contributed by atoms with E-state index in [1.807, 2.05) is 7.11 Å². The fourth-order valence-electron chi connectivity index (χ4n) is 4.23. The van der Waals surface area contributed by atoms with E-state index in [2.05, 4.69) is 16.7 Å². The molecule has 3 nitrogen and oxygen atoms in total. The van der Waals surface area contributed by atoms with E-state index in [9.17, 15) is 0 Å². The van der Waals surface area contributed by atoms with Gasteiger partial charge >= 0.3 is 0 Å². The highest BCUT2D eigenvalue weighted by molar-refractivity contribution is 4.96. The minimum atomic E-state index is 0.491. The van der Waals surface area contributed by atoms with Gasteiger partial charge in [0.25, 0.3) is 0 Å². The molecule has 2 heterocycles. The second kappa shape index (κ2) is 4.87. The van der Waals surface area contributed by atoms with Crippen LogP contribution in [0, 0.1) is 0 Å². The third-order valence-electron chi connectivity index (χ3n) is 5.13. The summed E-state index contributed by atoms with van der Waals surface area (Å²) in [6.07, 6.45) is 7.26. The molecule has 3 rings (SSSR count). The second-order valence-corrected chi connectivity index (χ2v) is 6.11. The summed E-state index contributed by atoms with van der Waals surface area (Å²) in [5.74, 6) is 0. The van der Waals surface area contributed by atoms with Crippen LogP contribution in [0.1, 0.15) is 39.0 Å². The molecule has 0 aromatic heterocycles. The Morgan fingerprint density at radius 3 is 2.76 bits per heavy atom. The fraction of sp³-hybridized carbons (Fsp3) is 1.00. The molecule has 4 unspecified atom stereocenters. The van der Waals surface area contributed by atoms with E-state index >= 15 is 0 Å². The molecule has 17 heavy (non-hydrogen) atoms. The standard InChI is InChI=1S/C14H26N2O/c1-11-9-15-8-4-5-12(15)10-16(11)13-6-3-7-14(13)17-2/h11-14H,3-10H2,1-2H3. The number of piperazine rings is 1. The highest BCUT2D eigenvalue weighted by atomic mass is 16.5. The van der Waals surface area contributed by atoms with Gasteiger partial charge in [-0.15, -0.1) is 0 Å². The lowest BCUT2D eigenvalue weighted by atomic mass is 10.0. The molecule has 4 atom stereocenters. The number of fused-ring (bicyclic) bond motifs is 1. The first-order valence-corrected chi connectivity index (χ1v) is 7.32. The molecule has 0 aromatic carbocycles. The van der Waals surface area contributed by atoms with Crippen molar-refractivity contribution in [3.05, 3.63) is 0 Å². The average Bonchev–Trinajstić information content (AvgIpc) is 2.94. The van der Waals surface area contributed by atoms with Crippen LogP contribution < -0.4 is 0 Å². The summed E-state index contributed by atoms with van der Waals surface area (Å²) < 4.78 is 5.68. The van der Waals surface area contributed by atoms with Crippen molar-refractivity contribution in [2.45, 2.75) is 63.3 Å². The smallest absolute Gasteiger partial charge is 0.0726 e. The minimum absolute atomic E-state index is 0.491. The monoisotopic (exact) mass is 238 g/mol. The van der Waals surface area contributed by atoms with Crippen molar-refractivity contribution < 1.29 is 4.74 Å². The third-order valence-corrected chi connectivity index (χ3v) is 5.13. The molecule has 0 amide bonds. The molecule has 3 fully saturated rings. The molecule has 0 spiro atoms. The van der Waals surface area contributed by atoms with E-state index in [0.29, 0.717) is 18.2 Å². The number of rotatable bonds is 2. The summed E-state index contributed by atoms with van der Waals surface area (Å²) in [7, 11) is 1.89. The molecule has 0 bridgehead atoms. The van der Waals surface area contributed by atoms with Crippen molar-refractivity contribution in [3.63, 3.8) is 0 Å². The Labute approximate surface area is 105 Å². The largest absolute Gasteiger partial charge is 0.380 e. The fourth-order valence-corrected chi connectivity index (χ4v) is 4.23. The quantitative estimate of drug-likeness (QED) is 0.728. The Hall–Kier alpha value is -0.120. The topological polar surface area (TPSA) is 15.7 Å². The van der Waals surface area contributed by atoms with Crippen molar-refractivity contribution in [2.24, 2.45) is 0 Å². The molecule has 0 radical (unpaired) electrons. The first-order chi connectivity index (χ1) is 8.29. The van der Waals surface area contributed by atoms with E-state index in [4.69, 9.17) is 4.74 Å². The third kappa shape index (κ3) is 2.13. The lowest BCUT2D eigenvalue weighted by Gasteiger charge is -2.46. The van der Waals surface area contributed by atoms with Crippen molar-refractivity contribution in [1.29, 1.82) is 0 Å². The first-order valence-electron chi connectivity index (χ1n) is 7.32. The molecule has 3 aliphatic rings. The number of ether oxygens (including phenoxy) is 1. The van der Waals surface area contributed by atoms with Gasteiger partial charge in [0, 0.05) is 38.3 Å². The predicted molar refractivity (Wildman–Crippen MR) is 69.2 cm³/mol. The maximum Gasteiger partial charge on any atom is 0.0726 e. The van der Waals surface area contributed by atoms with E-state index in [1.165, 1.54) is 51.7 Å². The van der Waals surface area contributed by atoms with Gasteiger partial charge in [-0.3, -0.25) is 9.80 Å². The molecule has 1 saturated carbocycles. The number of methoxy groups -OCH3 is 1. The summed E-state index contributed by atoms with van der Waals surface area (Å²) in [4.78, 5) is 5.46. The van der Waals surface area contributed by atoms with Gasteiger partial charge in [-0.1, -0.05) is 0 Å². The van der Waals surface area contributed by atoms with Gasteiger partial charge in [-0.2, -0.15) is 0 Å². The predicted octanol–water partition coefficient (Wildman–Crippen LogP) is 1.72. The Morgan fingerprint density at radius 2 is 1.94 bits per heavy atom. The van der Waals surface area contributed by atoms with E-state index in [1.54, 1.807) is 0 Å². The van der Waals surface area contributed by atoms with Gasteiger partial charge < -0.3 is 4.74 Å². The van der Waals surface area contributed by atoms with E-state index < -0.39 is 0 Å². The number of nitrogens with zero attached hydrogens (tertiary/aromatic N) is 2. The van der Waals surface area contributed by atoms with Gasteiger partial charge in [0.1, 0.15) is 0 Å². The average molecular weight is 238 g/mol. The summed E-state index contributed by atoms with van der Waals surface area (Å²) in [5.41, 5.74) is 0. The molecular formula is C14H26N2O. The Morgan fingerprint density at radius 1 is 1.06 bits per heavy atom. The van der Waals surface area contributed by atoms with Crippen LogP contribution in [0.2, 0.25) is 0 Å². The highest BCUT2D eigenvalue weighted by Gasteiger charge is 2.41. The first kappa shape index (κ1) is 11.9. The lowest BCUT2D eigenvalue weighted by molar-refractivity contribution is -0.0250. The normalized spacial score (nSPS) is 44.1. The Balaban J connectivity index is 1.69. The van der Waals surface area contributed by atoms with Gasteiger partial charge in [0.2, 0.25) is 0 Å². The molecule has 98 valence electrons. The maximum atomic E-state index is 5.68. The van der Waals surface area contributed by atoms with Crippen LogP contribution in [0.15, 0.2) is 0 Å². The number of hydrogen-bond acceptors (Lipinski definition) is 3. The van der Waals surface area contributed by atoms with Crippen molar-refractivity contribution in [2.75, 3.05) is 26.7 Å². The van der Waals surface area contributed by atoms with Gasteiger partial charge in [-0.25, -0.2) is 0 Å². The molecule has 0 N–H and O–H groups in total. The zero-order chi connectivity index (χ0) is 11.8. The maximum absolute atomic E-state index is 5.68. The van der Waals surface area contributed by atoms with Crippen molar-refractivity contribution in [1.82, 2.24) is 9.80 Å². The van der Waals surface area contributed by atoms with Gasteiger partial charge in [0.15, 0.2) is 0 Å². The zero-order valence-electron chi connectivity index (χ0n) is 11.3. The summed E-state index contributed by atoms with van der Waals surface area (Å²) >= 11 is 0. The van der Waals surface area contributed by atoms with E-state index in [0.717, 1.165) is 6.04 Å². The van der Waals surface area contributed by atoms with Crippen LogP contribution in [0.5, 0.6) is 0 Å². The highest BCUT2D eigenvalue weighted by Crippen LogP contribution is 2.32. The summed E-state index contributed by atoms with van der Waals surface area (Å²) in [6.45, 7) is 6.30. The molecule has 3 heteroatoms. The molecule has 2 aliphatic heterocycles. The lowest BCUT2D eigenvalue weighted by Crippen LogP contribution is -2.59. The van der Waals surface area contributed by atoms with Crippen molar-refractivity contribution in [3.8, 4) is 0 Å². The van der Waals surface area contributed by atoms with Crippen LogP contribution in [0.4, 0.5) is 0 Å². The van der Waals surface area contributed by atoms with Gasteiger partial charge in [-0.05, 0) is 45.6 Å². The number of hydrogen-bond donors (Lipinski definition) is 0. The summed E-state index contributed by atoms with van der Waals surface area (Å²) in [5, 5.41) is 0. The van der Waals surface area contributed by atoms with Crippen LogP contribution in [0.3, 0.4) is 0 Å². The molecule has 1 aliphatic carbocycles. The Bertz CT molecular complexity index is 271. The zero-order valence-corrected chi connectivity index (χ0v) is 11.3. The Kier molecular flexibility index (Phi) is 3.42. The second-order valence-electron chi connectivity index (χ2n) is 6.11. The van der Waals surface area contributed by atoms with Crippen LogP contribution in [0.25, 0.3) is 0 Å². The van der Waals surface area contributed by atoms with Crippen LogP contribution in [-0.2, 0) is 4.74 Å². The molecule has 0 aromatic rings. The molecule has 2 saturated heterocycles.